The van der Waals surface area contributed by atoms with Gasteiger partial charge in [0.1, 0.15) is 5.82 Å². The van der Waals surface area contributed by atoms with Crippen LogP contribution < -0.4 is 10.6 Å². The van der Waals surface area contributed by atoms with Crippen LogP contribution in [0.4, 0.5) is 5.82 Å². The number of nitrogens with two attached hydrogens (primary N) is 1. The van der Waals surface area contributed by atoms with Gasteiger partial charge in [-0.1, -0.05) is 19.9 Å². The predicted octanol–water partition coefficient (Wildman–Crippen LogP) is 2.73. The molecule has 0 amide bonds. The highest BCUT2D eigenvalue weighted by atomic mass is 15.2. The van der Waals surface area contributed by atoms with Crippen molar-refractivity contribution in [3.8, 4) is 0 Å². The molecule has 1 heterocycles. The van der Waals surface area contributed by atoms with Crippen LogP contribution in [0, 0.1) is 5.92 Å². The van der Waals surface area contributed by atoms with Gasteiger partial charge in [0.25, 0.3) is 0 Å². The second-order valence-electron chi connectivity index (χ2n) is 5.48. The van der Waals surface area contributed by atoms with Crippen LogP contribution >= 0.6 is 0 Å². The minimum Gasteiger partial charge on any atom is -0.353 e. The molecule has 2 rings (SSSR count). The third kappa shape index (κ3) is 2.97. The van der Waals surface area contributed by atoms with Crippen LogP contribution in [0.15, 0.2) is 18.3 Å². The average Bonchev–Trinajstić information content (AvgIpc) is 3.09. The van der Waals surface area contributed by atoms with Crippen molar-refractivity contribution in [2.75, 3.05) is 11.4 Å². The molecule has 0 spiro atoms. The molecule has 1 aliphatic carbocycles. The second-order valence-corrected chi connectivity index (χ2v) is 5.48. The summed E-state index contributed by atoms with van der Waals surface area (Å²) in [5, 5.41) is 0. The highest BCUT2D eigenvalue weighted by Gasteiger charge is 2.31. The number of hydrogen-bond donors (Lipinski definition) is 1. The van der Waals surface area contributed by atoms with Gasteiger partial charge in [-0.05, 0) is 31.7 Å². The van der Waals surface area contributed by atoms with Crippen molar-refractivity contribution in [3.05, 3.63) is 23.9 Å². The number of hydrogen-bond acceptors (Lipinski definition) is 3. The van der Waals surface area contributed by atoms with Crippen LogP contribution in [0.2, 0.25) is 0 Å². The summed E-state index contributed by atoms with van der Waals surface area (Å²) in [5.41, 5.74) is 7.20. The number of rotatable bonds is 5. The SMILES string of the molecule is CC(C)CN(c1ncccc1[C@H](C)N)C1CC1. The minimum absolute atomic E-state index is 0.0483. The number of aromatic nitrogens is 1. The summed E-state index contributed by atoms with van der Waals surface area (Å²) in [7, 11) is 0. The van der Waals surface area contributed by atoms with Crippen molar-refractivity contribution >= 4 is 5.82 Å². The fourth-order valence-corrected chi connectivity index (χ4v) is 2.19. The van der Waals surface area contributed by atoms with Gasteiger partial charge in [0, 0.05) is 30.4 Å². The van der Waals surface area contributed by atoms with E-state index in [1.54, 1.807) is 0 Å². The van der Waals surface area contributed by atoms with E-state index in [9.17, 15) is 0 Å². The Balaban J connectivity index is 2.28. The zero-order chi connectivity index (χ0) is 12.4. The van der Waals surface area contributed by atoms with E-state index in [1.807, 2.05) is 19.2 Å². The molecule has 0 unspecified atom stereocenters. The smallest absolute Gasteiger partial charge is 0.133 e. The maximum Gasteiger partial charge on any atom is 0.133 e. The lowest BCUT2D eigenvalue weighted by Gasteiger charge is -2.28. The predicted molar refractivity (Wildman–Crippen MR) is 72.0 cm³/mol. The lowest BCUT2D eigenvalue weighted by molar-refractivity contribution is 0.598. The van der Waals surface area contributed by atoms with E-state index < -0.39 is 0 Å². The molecule has 94 valence electrons. The van der Waals surface area contributed by atoms with Crippen LogP contribution in [-0.4, -0.2) is 17.6 Å². The Morgan fingerprint density at radius 2 is 2.12 bits per heavy atom. The summed E-state index contributed by atoms with van der Waals surface area (Å²) < 4.78 is 0. The first kappa shape index (κ1) is 12.4. The van der Waals surface area contributed by atoms with Gasteiger partial charge < -0.3 is 10.6 Å². The Labute approximate surface area is 104 Å². The monoisotopic (exact) mass is 233 g/mol. The summed E-state index contributed by atoms with van der Waals surface area (Å²) in [6.45, 7) is 7.61. The molecule has 0 aliphatic heterocycles. The van der Waals surface area contributed by atoms with E-state index in [0.717, 1.165) is 12.4 Å². The summed E-state index contributed by atoms with van der Waals surface area (Å²) in [6, 6.07) is 4.81. The molecule has 17 heavy (non-hydrogen) atoms. The fraction of sp³-hybridized carbons (Fsp3) is 0.643. The Bertz CT molecular complexity index is 369. The zero-order valence-corrected chi connectivity index (χ0v) is 11.1. The van der Waals surface area contributed by atoms with Gasteiger partial charge >= 0.3 is 0 Å². The lowest BCUT2D eigenvalue weighted by atomic mass is 10.1. The van der Waals surface area contributed by atoms with Crippen molar-refractivity contribution < 1.29 is 0 Å². The molecule has 1 aromatic heterocycles. The van der Waals surface area contributed by atoms with Crippen molar-refractivity contribution in [2.45, 2.75) is 45.7 Å². The highest BCUT2D eigenvalue weighted by molar-refractivity contribution is 5.50. The van der Waals surface area contributed by atoms with Crippen molar-refractivity contribution in [3.63, 3.8) is 0 Å². The van der Waals surface area contributed by atoms with Gasteiger partial charge in [-0.15, -0.1) is 0 Å². The summed E-state index contributed by atoms with van der Waals surface area (Å²) >= 11 is 0. The maximum atomic E-state index is 6.04. The molecule has 0 aromatic carbocycles. The van der Waals surface area contributed by atoms with E-state index in [0.29, 0.717) is 12.0 Å². The lowest BCUT2D eigenvalue weighted by Crippen LogP contribution is -2.32. The average molecular weight is 233 g/mol. The Kier molecular flexibility index (Phi) is 3.67. The van der Waals surface area contributed by atoms with Crippen LogP contribution in [0.25, 0.3) is 0 Å². The molecule has 0 radical (unpaired) electrons. The Morgan fingerprint density at radius 3 is 2.65 bits per heavy atom. The molecule has 0 bridgehead atoms. The zero-order valence-electron chi connectivity index (χ0n) is 11.1. The van der Waals surface area contributed by atoms with Crippen molar-refractivity contribution in [1.29, 1.82) is 0 Å². The normalized spacial score (nSPS) is 17.2. The van der Waals surface area contributed by atoms with E-state index in [4.69, 9.17) is 5.73 Å². The van der Waals surface area contributed by atoms with Gasteiger partial charge in [0.2, 0.25) is 0 Å². The molecule has 0 saturated heterocycles. The summed E-state index contributed by atoms with van der Waals surface area (Å²) in [4.78, 5) is 7.01. The maximum absolute atomic E-state index is 6.04. The van der Waals surface area contributed by atoms with Crippen LogP contribution in [0.3, 0.4) is 0 Å². The standard InChI is InChI=1S/C14H23N3/c1-10(2)9-17(12-6-7-12)14-13(11(3)15)5-4-8-16-14/h4-5,8,10-12H,6-7,9,15H2,1-3H3/t11-/m0/s1. The van der Waals surface area contributed by atoms with Crippen LogP contribution in [-0.2, 0) is 0 Å². The molecule has 1 aliphatic rings. The first-order chi connectivity index (χ1) is 8.09. The van der Waals surface area contributed by atoms with Gasteiger partial charge in [-0.25, -0.2) is 4.98 Å². The molecule has 1 atom stereocenters. The third-order valence-corrected chi connectivity index (χ3v) is 3.13. The molecule has 3 heteroatoms. The summed E-state index contributed by atoms with van der Waals surface area (Å²) in [5.74, 6) is 1.75. The Hall–Kier alpha value is -1.09. The molecule has 2 N–H and O–H groups in total. The number of pyridine rings is 1. The molecule has 1 fully saturated rings. The second kappa shape index (κ2) is 5.05. The van der Waals surface area contributed by atoms with E-state index in [-0.39, 0.29) is 6.04 Å². The molecule has 1 saturated carbocycles. The Morgan fingerprint density at radius 1 is 1.41 bits per heavy atom. The third-order valence-electron chi connectivity index (χ3n) is 3.13. The van der Waals surface area contributed by atoms with Gasteiger partial charge in [-0.2, -0.15) is 0 Å². The van der Waals surface area contributed by atoms with E-state index >= 15 is 0 Å². The first-order valence-corrected chi connectivity index (χ1v) is 6.56. The fourth-order valence-electron chi connectivity index (χ4n) is 2.19. The number of anilines is 1. The topological polar surface area (TPSA) is 42.2 Å². The van der Waals surface area contributed by atoms with Crippen molar-refractivity contribution in [1.82, 2.24) is 4.98 Å². The van der Waals surface area contributed by atoms with Gasteiger partial charge in [-0.3, -0.25) is 0 Å². The highest BCUT2D eigenvalue weighted by Crippen LogP contribution is 2.34. The van der Waals surface area contributed by atoms with Crippen LogP contribution in [0.1, 0.15) is 45.2 Å². The number of nitrogens with zero attached hydrogens (tertiary/aromatic N) is 2. The van der Waals surface area contributed by atoms with E-state index in [2.05, 4.69) is 29.8 Å². The van der Waals surface area contributed by atoms with Gasteiger partial charge in [0.05, 0.1) is 0 Å². The van der Waals surface area contributed by atoms with E-state index in [1.165, 1.54) is 18.4 Å². The molecule has 3 nitrogen and oxygen atoms in total. The molecular weight excluding hydrogens is 210 g/mol. The van der Waals surface area contributed by atoms with Crippen molar-refractivity contribution in [2.24, 2.45) is 11.7 Å². The molecular formula is C14H23N3. The largest absolute Gasteiger partial charge is 0.353 e. The van der Waals surface area contributed by atoms with Gasteiger partial charge in [0.15, 0.2) is 0 Å². The summed E-state index contributed by atoms with van der Waals surface area (Å²) in [6.07, 6.45) is 4.46. The quantitative estimate of drug-likeness (QED) is 0.850. The van der Waals surface area contributed by atoms with Crippen LogP contribution in [0.5, 0.6) is 0 Å². The minimum atomic E-state index is 0.0483. The molecule has 1 aromatic rings. The first-order valence-electron chi connectivity index (χ1n) is 6.56.